The number of aromatic nitrogens is 1. The third-order valence-electron chi connectivity index (χ3n) is 2.26. The molecule has 0 radical (unpaired) electrons. The Morgan fingerprint density at radius 3 is 2.75 bits per heavy atom. The first-order chi connectivity index (χ1) is 9.40. The zero-order chi connectivity index (χ0) is 15.3. The summed E-state index contributed by atoms with van der Waals surface area (Å²) in [5.41, 5.74) is -2.85. The van der Waals surface area contributed by atoms with E-state index in [1.54, 1.807) is 0 Å². The summed E-state index contributed by atoms with van der Waals surface area (Å²) in [6.45, 7) is 1.55. The van der Waals surface area contributed by atoms with Crippen molar-refractivity contribution in [2.24, 2.45) is 0 Å². The zero-order valence-electron chi connectivity index (χ0n) is 10.3. The van der Waals surface area contributed by atoms with E-state index in [9.17, 15) is 23.7 Å². The average molecular weight is 285 g/mol. The van der Waals surface area contributed by atoms with Crippen LogP contribution in [0.5, 0.6) is 0 Å². The van der Waals surface area contributed by atoms with Crippen LogP contribution in [-0.2, 0) is 16.0 Å². The number of pyridine rings is 1. The van der Waals surface area contributed by atoms with Crippen molar-refractivity contribution in [2.75, 3.05) is 6.61 Å². The van der Waals surface area contributed by atoms with Crippen LogP contribution in [0.15, 0.2) is 6.07 Å². The first-order valence-electron chi connectivity index (χ1n) is 5.42. The van der Waals surface area contributed by atoms with Gasteiger partial charge in [0.2, 0.25) is 0 Å². The van der Waals surface area contributed by atoms with Crippen molar-refractivity contribution in [3.63, 3.8) is 0 Å². The molecule has 0 amide bonds. The molecule has 9 heteroatoms. The van der Waals surface area contributed by atoms with Gasteiger partial charge >= 0.3 is 5.97 Å². The molecule has 0 fully saturated rings. The first kappa shape index (κ1) is 15.4. The number of halogens is 2. The van der Waals surface area contributed by atoms with Crippen LogP contribution in [0.1, 0.15) is 30.3 Å². The van der Waals surface area contributed by atoms with Crippen molar-refractivity contribution in [1.29, 1.82) is 5.26 Å². The van der Waals surface area contributed by atoms with E-state index in [1.807, 2.05) is 0 Å². The maximum Gasteiger partial charge on any atom is 0.311 e. The molecule has 0 unspecified atom stereocenters. The minimum Gasteiger partial charge on any atom is -0.466 e. The molecule has 20 heavy (non-hydrogen) atoms. The molecule has 0 aliphatic heterocycles. The maximum absolute atomic E-state index is 12.9. The van der Waals surface area contributed by atoms with E-state index in [0.717, 1.165) is 0 Å². The van der Waals surface area contributed by atoms with Crippen molar-refractivity contribution in [3.8, 4) is 6.07 Å². The molecule has 0 N–H and O–H groups in total. The smallest absolute Gasteiger partial charge is 0.311 e. The number of nitrogens with zero attached hydrogens (tertiary/aromatic N) is 3. The summed E-state index contributed by atoms with van der Waals surface area (Å²) in [6, 6.07) is 2.17. The fraction of sp³-hybridized carbons (Fsp3) is 0.364. The predicted molar refractivity (Wildman–Crippen MR) is 60.9 cm³/mol. The fourth-order valence-corrected chi connectivity index (χ4v) is 1.52. The van der Waals surface area contributed by atoms with E-state index in [0.29, 0.717) is 6.07 Å². The predicted octanol–water partition coefficient (Wildman–Crippen LogP) is 1.90. The minimum absolute atomic E-state index is 0.0306. The Bertz CT molecular complexity index is 584. The lowest BCUT2D eigenvalue weighted by molar-refractivity contribution is -0.386. The van der Waals surface area contributed by atoms with E-state index >= 15 is 0 Å². The molecule has 0 bridgehead atoms. The van der Waals surface area contributed by atoms with Crippen LogP contribution in [0, 0.1) is 21.4 Å². The monoisotopic (exact) mass is 285 g/mol. The Morgan fingerprint density at radius 2 is 2.30 bits per heavy atom. The molecule has 0 spiro atoms. The molecule has 1 heterocycles. The fourth-order valence-electron chi connectivity index (χ4n) is 1.52. The van der Waals surface area contributed by atoms with E-state index < -0.39 is 46.4 Å². The molecule has 0 aromatic carbocycles. The van der Waals surface area contributed by atoms with E-state index in [-0.39, 0.29) is 6.61 Å². The van der Waals surface area contributed by atoms with Crippen LogP contribution in [0.25, 0.3) is 0 Å². The SMILES string of the molecule is CCOC(=O)Cc1nc(C#N)cc([N+](=O)[O-])c1C(F)F. The Morgan fingerprint density at radius 1 is 1.65 bits per heavy atom. The van der Waals surface area contributed by atoms with Crippen LogP contribution in [0.3, 0.4) is 0 Å². The Balaban J connectivity index is 3.39. The normalized spacial score (nSPS) is 10.2. The summed E-state index contributed by atoms with van der Waals surface area (Å²) < 4.78 is 30.5. The van der Waals surface area contributed by atoms with Gasteiger partial charge < -0.3 is 4.74 Å². The van der Waals surface area contributed by atoms with Gasteiger partial charge in [0.15, 0.2) is 0 Å². The third-order valence-corrected chi connectivity index (χ3v) is 2.26. The van der Waals surface area contributed by atoms with Gasteiger partial charge in [0.25, 0.3) is 12.1 Å². The van der Waals surface area contributed by atoms with Gasteiger partial charge in [-0.15, -0.1) is 0 Å². The van der Waals surface area contributed by atoms with Gasteiger partial charge in [0.1, 0.15) is 17.3 Å². The molecule has 0 aliphatic carbocycles. The van der Waals surface area contributed by atoms with Crippen molar-refractivity contribution in [2.45, 2.75) is 19.8 Å². The minimum atomic E-state index is -3.19. The molecular weight excluding hydrogens is 276 g/mol. The summed E-state index contributed by atoms with van der Waals surface area (Å²) in [5, 5.41) is 19.5. The molecule has 1 aromatic heterocycles. The van der Waals surface area contributed by atoms with Crippen LogP contribution < -0.4 is 0 Å². The number of hydrogen-bond acceptors (Lipinski definition) is 6. The van der Waals surface area contributed by atoms with Crippen molar-refractivity contribution in [3.05, 3.63) is 33.1 Å². The molecule has 0 aliphatic rings. The number of nitriles is 1. The number of rotatable bonds is 5. The quantitative estimate of drug-likeness (QED) is 0.464. The van der Waals surface area contributed by atoms with Gasteiger partial charge in [-0.1, -0.05) is 0 Å². The summed E-state index contributed by atoms with van der Waals surface area (Å²) in [5.74, 6) is -0.855. The largest absolute Gasteiger partial charge is 0.466 e. The average Bonchev–Trinajstić information content (AvgIpc) is 2.37. The molecule has 1 rings (SSSR count). The van der Waals surface area contributed by atoms with Crippen molar-refractivity contribution < 1.29 is 23.2 Å². The summed E-state index contributed by atoms with van der Waals surface area (Å²) in [6.07, 6.45) is -3.86. The summed E-state index contributed by atoms with van der Waals surface area (Å²) >= 11 is 0. The summed E-state index contributed by atoms with van der Waals surface area (Å²) in [7, 11) is 0. The van der Waals surface area contributed by atoms with Gasteiger partial charge in [0, 0.05) is 0 Å². The molecule has 106 valence electrons. The first-order valence-corrected chi connectivity index (χ1v) is 5.42. The molecule has 1 aromatic rings. The number of ether oxygens (including phenoxy) is 1. The van der Waals surface area contributed by atoms with Crippen molar-refractivity contribution >= 4 is 11.7 Å². The van der Waals surface area contributed by atoms with Crippen molar-refractivity contribution in [1.82, 2.24) is 4.98 Å². The molecule has 0 saturated carbocycles. The second-order valence-corrected chi connectivity index (χ2v) is 3.54. The standard InChI is InChI=1S/C11H9F2N3O4/c1-2-20-9(17)4-7-10(11(12)13)8(16(18)19)3-6(5-14)15-7/h3,11H,2,4H2,1H3. The maximum atomic E-state index is 12.9. The lowest BCUT2D eigenvalue weighted by Crippen LogP contribution is -2.13. The molecule has 0 saturated heterocycles. The number of hydrogen-bond donors (Lipinski definition) is 0. The van der Waals surface area contributed by atoms with Crippen LogP contribution in [0.4, 0.5) is 14.5 Å². The van der Waals surface area contributed by atoms with E-state index in [2.05, 4.69) is 9.72 Å². The highest BCUT2D eigenvalue weighted by molar-refractivity contribution is 5.73. The highest BCUT2D eigenvalue weighted by Crippen LogP contribution is 2.32. The number of carbonyl (C=O) groups is 1. The van der Waals surface area contributed by atoms with Gasteiger partial charge in [0.05, 0.1) is 29.7 Å². The van der Waals surface area contributed by atoms with Gasteiger partial charge in [-0.05, 0) is 6.92 Å². The number of esters is 1. The topological polar surface area (TPSA) is 106 Å². The number of alkyl halides is 2. The number of nitro groups is 1. The Kier molecular flexibility index (Phi) is 5.02. The molecule has 0 atom stereocenters. The molecular formula is C11H9F2N3O4. The highest BCUT2D eigenvalue weighted by Gasteiger charge is 2.29. The second kappa shape index (κ2) is 6.51. The Hall–Kier alpha value is -2.63. The molecule has 7 nitrogen and oxygen atoms in total. The second-order valence-electron chi connectivity index (χ2n) is 3.54. The lowest BCUT2D eigenvalue weighted by Gasteiger charge is -2.08. The zero-order valence-corrected chi connectivity index (χ0v) is 10.3. The summed E-state index contributed by atoms with van der Waals surface area (Å²) in [4.78, 5) is 24.6. The van der Waals surface area contributed by atoms with Crippen LogP contribution in [-0.4, -0.2) is 22.5 Å². The van der Waals surface area contributed by atoms with Gasteiger partial charge in [-0.2, -0.15) is 5.26 Å². The number of carbonyl (C=O) groups excluding carboxylic acids is 1. The van der Waals surface area contributed by atoms with Gasteiger partial charge in [-0.25, -0.2) is 13.8 Å². The van der Waals surface area contributed by atoms with Gasteiger partial charge in [-0.3, -0.25) is 14.9 Å². The van der Waals surface area contributed by atoms with Crippen LogP contribution >= 0.6 is 0 Å². The lowest BCUT2D eigenvalue weighted by atomic mass is 10.1. The van der Waals surface area contributed by atoms with E-state index in [1.165, 1.54) is 13.0 Å². The highest BCUT2D eigenvalue weighted by atomic mass is 19.3. The van der Waals surface area contributed by atoms with Crippen LogP contribution in [0.2, 0.25) is 0 Å². The Labute approximate surface area is 111 Å². The van der Waals surface area contributed by atoms with E-state index in [4.69, 9.17) is 5.26 Å². The third kappa shape index (κ3) is 3.44.